The molecular weight excluding hydrogens is 163 g/mol. The monoisotopic (exact) mass is 172 g/mol. The van der Waals surface area contributed by atoms with Crippen LogP contribution in [0.2, 0.25) is 0 Å². The van der Waals surface area contributed by atoms with Crippen molar-refractivity contribution >= 4 is 6.08 Å². The first-order chi connectivity index (χ1) is 4.86. The average molecular weight is 172 g/mol. The first-order valence-electron chi connectivity index (χ1n) is 3.16. The summed E-state index contributed by atoms with van der Waals surface area (Å²) in [5, 5.41) is 10.4. The Morgan fingerprint density at radius 1 is 1.45 bits per heavy atom. The summed E-state index contributed by atoms with van der Waals surface area (Å²) in [5.41, 5.74) is 1.82. The molecule has 1 rings (SSSR count). The molecule has 0 unspecified atom stereocenters. The van der Waals surface area contributed by atoms with E-state index in [0.717, 1.165) is 11.1 Å². The molecule has 0 heterocycles. The summed E-state index contributed by atoms with van der Waals surface area (Å²) < 4.78 is 0. The van der Waals surface area contributed by atoms with Crippen molar-refractivity contribution in [3.8, 4) is 0 Å². The minimum Gasteiger partial charge on any atom is -0.851 e. The Balaban J connectivity index is 0.000001000. The zero-order valence-corrected chi connectivity index (χ0v) is 9.83. The van der Waals surface area contributed by atoms with Gasteiger partial charge in [-0.25, -0.2) is 0 Å². The predicted octanol–water partition coefficient (Wildman–Crippen LogP) is -1.81. The molecule has 1 aromatic carbocycles. The molecule has 0 saturated carbocycles. The van der Waals surface area contributed by atoms with E-state index in [1.807, 2.05) is 24.3 Å². The average Bonchev–Trinajstić information content (AvgIpc) is 2.05. The van der Waals surface area contributed by atoms with Crippen molar-refractivity contribution < 1.29 is 56.5 Å². The fourth-order valence-corrected chi connectivity index (χ4v) is 0.810. The molecule has 1 nitrogen and oxygen atoms in total. The van der Waals surface area contributed by atoms with Gasteiger partial charge in [-0.2, -0.15) is 0 Å². The zero-order chi connectivity index (χ0) is 7.40. The van der Waals surface area contributed by atoms with Crippen molar-refractivity contribution in [1.29, 1.82) is 0 Å². The van der Waals surface area contributed by atoms with Crippen LogP contribution in [0.25, 0.3) is 6.08 Å². The Hall–Kier alpha value is 0.556. The summed E-state index contributed by atoms with van der Waals surface area (Å²) in [6, 6.07) is 7.45. The number of rotatable bonds is 2. The molecule has 0 aliphatic carbocycles. The van der Waals surface area contributed by atoms with Crippen molar-refractivity contribution in [2.45, 2.75) is 6.61 Å². The van der Waals surface area contributed by atoms with E-state index in [2.05, 4.69) is 6.58 Å². The van der Waals surface area contributed by atoms with E-state index in [1.54, 1.807) is 6.08 Å². The van der Waals surface area contributed by atoms with Gasteiger partial charge in [-0.15, -0.1) is 6.61 Å². The van der Waals surface area contributed by atoms with Gasteiger partial charge in [0.25, 0.3) is 0 Å². The van der Waals surface area contributed by atoms with Gasteiger partial charge >= 0.3 is 51.4 Å². The van der Waals surface area contributed by atoms with E-state index >= 15 is 0 Å². The molecule has 0 aromatic heterocycles. The minimum atomic E-state index is -0.151. The molecule has 0 fully saturated rings. The molecule has 52 valence electrons. The standard InChI is InChI=1S/C9H9O.K/c1-2-8-4-3-5-9(6-8)7-10;/h2-6H,1,7H2;/q-1;+1. The SMILES string of the molecule is C=Cc1cccc(C[O-])c1.[K+]. The number of benzene rings is 1. The molecule has 0 bridgehead atoms. The molecule has 0 spiro atoms. The predicted molar refractivity (Wildman–Crippen MR) is 40.2 cm³/mol. The van der Waals surface area contributed by atoms with E-state index in [-0.39, 0.29) is 58.0 Å². The number of hydrogen-bond acceptors (Lipinski definition) is 1. The Morgan fingerprint density at radius 2 is 2.18 bits per heavy atom. The molecule has 0 aliphatic rings. The summed E-state index contributed by atoms with van der Waals surface area (Å²) in [4.78, 5) is 0. The van der Waals surface area contributed by atoms with Gasteiger partial charge in [-0.3, -0.25) is 0 Å². The maximum absolute atomic E-state index is 10.4. The molecule has 0 amide bonds. The van der Waals surface area contributed by atoms with Crippen LogP contribution >= 0.6 is 0 Å². The second-order valence-corrected chi connectivity index (χ2v) is 2.09. The molecule has 1 aromatic rings. The van der Waals surface area contributed by atoms with Gasteiger partial charge in [0.15, 0.2) is 0 Å². The molecule has 2 heteroatoms. The van der Waals surface area contributed by atoms with E-state index < -0.39 is 0 Å². The third-order valence-electron chi connectivity index (χ3n) is 1.35. The number of hydrogen-bond donors (Lipinski definition) is 0. The third-order valence-corrected chi connectivity index (χ3v) is 1.35. The summed E-state index contributed by atoms with van der Waals surface area (Å²) in [6.45, 7) is 3.45. The maximum Gasteiger partial charge on any atom is 1.00 e. The second kappa shape index (κ2) is 6.11. The van der Waals surface area contributed by atoms with Crippen LogP contribution in [0.1, 0.15) is 11.1 Å². The molecule has 0 aliphatic heterocycles. The smallest absolute Gasteiger partial charge is 0.851 e. The molecule has 0 atom stereocenters. The van der Waals surface area contributed by atoms with Crippen LogP contribution in [0, 0.1) is 0 Å². The van der Waals surface area contributed by atoms with Gasteiger partial charge in [-0.1, -0.05) is 42.5 Å². The Morgan fingerprint density at radius 3 is 2.73 bits per heavy atom. The van der Waals surface area contributed by atoms with E-state index in [4.69, 9.17) is 0 Å². The Kier molecular flexibility index (Phi) is 6.42. The van der Waals surface area contributed by atoms with Gasteiger partial charge in [0.1, 0.15) is 0 Å². The summed E-state index contributed by atoms with van der Waals surface area (Å²) in [7, 11) is 0. The van der Waals surface area contributed by atoms with Crippen molar-refractivity contribution in [2.75, 3.05) is 0 Å². The maximum atomic E-state index is 10.4. The molecule has 0 N–H and O–H groups in total. The first kappa shape index (κ1) is 11.6. The van der Waals surface area contributed by atoms with Crippen LogP contribution in [-0.4, -0.2) is 0 Å². The normalized spacial score (nSPS) is 8.45. The van der Waals surface area contributed by atoms with E-state index in [9.17, 15) is 5.11 Å². The Labute approximate surface area is 110 Å². The topological polar surface area (TPSA) is 23.1 Å². The van der Waals surface area contributed by atoms with Crippen LogP contribution in [0.3, 0.4) is 0 Å². The molecular formula is C9H9KO. The van der Waals surface area contributed by atoms with Gasteiger partial charge in [0.05, 0.1) is 0 Å². The minimum absolute atomic E-state index is 0. The fourth-order valence-electron chi connectivity index (χ4n) is 0.810. The van der Waals surface area contributed by atoms with Crippen LogP contribution in [0.4, 0.5) is 0 Å². The summed E-state index contributed by atoms with van der Waals surface area (Å²) in [6.07, 6.45) is 1.74. The second-order valence-electron chi connectivity index (χ2n) is 2.09. The van der Waals surface area contributed by atoms with Crippen LogP contribution in [0.5, 0.6) is 0 Å². The largest absolute Gasteiger partial charge is 1.00 e. The molecule has 11 heavy (non-hydrogen) atoms. The van der Waals surface area contributed by atoms with Gasteiger partial charge in [0.2, 0.25) is 0 Å². The van der Waals surface area contributed by atoms with Gasteiger partial charge in [0, 0.05) is 0 Å². The van der Waals surface area contributed by atoms with Crippen LogP contribution in [0.15, 0.2) is 30.8 Å². The van der Waals surface area contributed by atoms with Crippen molar-refractivity contribution in [2.24, 2.45) is 0 Å². The van der Waals surface area contributed by atoms with Crippen molar-refractivity contribution in [1.82, 2.24) is 0 Å². The Bertz CT molecular complexity index is 233. The third kappa shape index (κ3) is 3.65. The van der Waals surface area contributed by atoms with E-state index in [1.165, 1.54) is 0 Å². The van der Waals surface area contributed by atoms with Crippen molar-refractivity contribution in [3.63, 3.8) is 0 Å². The van der Waals surface area contributed by atoms with Gasteiger partial charge in [-0.05, 0) is 5.56 Å². The quantitative estimate of drug-likeness (QED) is 0.482. The zero-order valence-electron chi connectivity index (χ0n) is 6.71. The van der Waals surface area contributed by atoms with Crippen LogP contribution in [-0.2, 0) is 6.61 Å². The van der Waals surface area contributed by atoms with Crippen molar-refractivity contribution in [3.05, 3.63) is 42.0 Å². The van der Waals surface area contributed by atoms with Crippen LogP contribution < -0.4 is 56.5 Å². The van der Waals surface area contributed by atoms with Gasteiger partial charge < -0.3 is 5.11 Å². The molecule has 0 saturated heterocycles. The summed E-state index contributed by atoms with van der Waals surface area (Å²) in [5.74, 6) is 0. The molecule has 0 radical (unpaired) electrons. The first-order valence-corrected chi connectivity index (χ1v) is 3.16. The fraction of sp³-hybridized carbons (Fsp3) is 0.111. The summed E-state index contributed by atoms with van der Waals surface area (Å²) >= 11 is 0. The van der Waals surface area contributed by atoms with E-state index in [0.29, 0.717) is 0 Å².